The standard InChI is InChI=1S/C20H26N4O/c1-3-10-25-18-6-4-15(5-7-18)19-8-9-20(22-21-19)24-13-16-11-23(2)12-17(16)14-24/h4-9,16-17H,3,10-14H2,1-2H3. The van der Waals surface area contributed by atoms with Crippen molar-refractivity contribution in [3.63, 3.8) is 0 Å². The molecular weight excluding hydrogens is 312 g/mol. The molecule has 2 fully saturated rings. The van der Waals surface area contributed by atoms with Crippen molar-refractivity contribution in [3.05, 3.63) is 36.4 Å². The second-order valence-corrected chi connectivity index (χ2v) is 7.30. The van der Waals surface area contributed by atoms with Crippen molar-refractivity contribution in [1.29, 1.82) is 0 Å². The van der Waals surface area contributed by atoms with E-state index in [0.717, 1.165) is 60.8 Å². The molecule has 132 valence electrons. The molecule has 0 aliphatic carbocycles. The van der Waals surface area contributed by atoms with Crippen LogP contribution in [0.25, 0.3) is 11.3 Å². The maximum absolute atomic E-state index is 5.63. The van der Waals surface area contributed by atoms with Gasteiger partial charge in [-0.2, -0.15) is 0 Å². The van der Waals surface area contributed by atoms with Gasteiger partial charge in [-0.3, -0.25) is 0 Å². The van der Waals surface area contributed by atoms with Crippen LogP contribution in [-0.2, 0) is 0 Å². The maximum atomic E-state index is 5.63. The molecular formula is C20H26N4O. The van der Waals surface area contributed by atoms with Gasteiger partial charge in [0.05, 0.1) is 12.3 Å². The first kappa shape index (κ1) is 16.3. The highest BCUT2D eigenvalue weighted by atomic mass is 16.5. The summed E-state index contributed by atoms with van der Waals surface area (Å²) in [6, 6.07) is 12.3. The Balaban J connectivity index is 1.42. The molecule has 2 unspecified atom stereocenters. The molecule has 4 rings (SSSR count). The van der Waals surface area contributed by atoms with E-state index in [2.05, 4.69) is 46.1 Å². The van der Waals surface area contributed by atoms with Gasteiger partial charge in [-0.05, 0) is 61.7 Å². The van der Waals surface area contributed by atoms with E-state index in [-0.39, 0.29) is 0 Å². The third-order valence-electron chi connectivity index (χ3n) is 5.27. The smallest absolute Gasteiger partial charge is 0.151 e. The Hall–Kier alpha value is -2.14. The summed E-state index contributed by atoms with van der Waals surface area (Å²) >= 11 is 0. The fourth-order valence-electron chi connectivity index (χ4n) is 4.00. The molecule has 25 heavy (non-hydrogen) atoms. The molecule has 2 saturated heterocycles. The second kappa shape index (κ2) is 7.00. The van der Waals surface area contributed by atoms with Crippen LogP contribution in [0.1, 0.15) is 13.3 Å². The summed E-state index contributed by atoms with van der Waals surface area (Å²) in [5, 5.41) is 8.94. The van der Waals surface area contributed by atoms with Crippen LogP contribution in [0.3, 0.4) is 0 Å². The van der Waals surface area contributed by atoms with E-state index in [4.69, 9.17) is 4.74 Å². The molecule has 2 aliphatic heterocycles. The average molecular weight is 338 g/mol. The molecule has 0 N–H and O–H groups in total. The third kappa shape index (κ3) is 3.47. The number of ether oxygens (including phenoxy) is 1. The van der Waals surface area contributed by atoms with Crippen LogP contribution in [0.4, 0.5) is 5.82 Å². The fraction of sp³-hybridized carbons (Fsp3) is 0.500. The molecule has 1 aromatic carbocycles. The molecule has 2 atom stereocenters. The van der Waals surface area contributed by atoms with Gasteiger partial charge in [-0.1, -0.05) is 6.92 Å². The first-order valence-electron chi connectivity index (χ1n) is 9.23. The van der Waals surface area contributed by atoms with Crippen molar-refractivity contribution in [3.8, 4) is 17.0 Å². The normalized spacial score (nSPS) is 23.0. The predicted molar refractivity (Wildman–Crippen MR) is 99.9 cm³/mol. The molecule has 0 spiro atoms. The Morgan fingerprint density at radius 3 is 2.28 bits per heavy atom. The molecule has 1 aromatic heterocycles. The minimum Gasteiger partial charge on any atom is -0.494 e. The zero-order valence-electron chi connectivity index (χ0n) is 15.1. The molecule has 3 heterocycles. The summed E-state index contributed by atoms with van der Waals surface area (Å²) in [4.78, 5) is 4.83. The first-order valence-corrected chi connectivity index (χ1v) is 9.23. The quantitative estimate of drug-likeness (QED) is 0.838. The number of fused-ring (bicyclic) bond motifs is 1. The molecule has 0 amide bonds. The molecule has 0 bridgehead atoms. The van der Waals surface area contributed by atoms with Crippen LogP contribution in [0.15, 0.2) is 36.4 Å². The van der Waals surface area contributed by atoms with E-state index in [1.807, 2.05) is 24.3 Å². The largest absolute Gasteiger partial charge is 0.494 e. The Kier molecular flexibility index (Phi) is 4.57. The zero-order chi connectivity index (χ0) is 17.2. The Labute approximate surface area is 149 Å². The summed E-state index contributed by atoms with van der Waals surface area (Å²) < 4.78 is 5.63. The monoisotopic (exact) mass is 338 g/mol. The van der Waals surface area contributed by atoms with Crippen LogP contribution in [-0.4, -0.2) is 54.9 Å². The second-order valence-electron chi connectivity index (χ2n) is 7.30. The van der Waals surface area contributed by atoms with E-state index in [0.29, 0.717) is 0 Å². The minimum absolute atomic E-state index is 0.751. The highest BCUT2D eigenvalue weighted by Crippen LogP contribution is 2.32. The summed E-state index contributed by atoms with van der Waals surface area (Å²) in [6.07, 6.45) is 1.02. The van der Waals surface area contributed by atoms with Gasteiger partial charge in [0.15, 0.2) is 5.82 Å². The number of aromatic nitrogens is 2. The molecule has 0 radical (unpaired) electrons. The number of likely N-dealkylation sites (tertiary alicyclic amines) is 1. The Morgan fingerprint density at radius 1 is 0.960 bits per heavy atom. The van der Waals surface area contributed by atoms with Crippen molar-refractivity contribution in [2.75, 3.05) is 44.7 Å². The summed E-state index contributed by atoms with van der Waals surface area (Å²) in [5.74, 6) is 3.47. The summed E-state index contributed by atoms with van der Waals surface area (Å²) in [7, 11) is 2.22. The lowest BCUT2D eigenvalue weighted by molar-refractivity contribution is 0.317. The number of anilines is 1. The van der Waals surface area contributed by atoms with E-state index in [9.17, 15) is 0 Å². The van der Waals surface area contributed by atoms with E-state index in [1.165, 1.54) is 13.1 Å². The molecule has 5 nitrogen and oxygen atoms in total. The molecule has 2 aromatic rings. The Morgan fingerprint density at radius 2 is 1.68 bits per heavy atom. The van der Waals surface area contributed by atoms with Gasteiger partial charge in [0, 0.05) is 31.7 Å². The number of benzene rings is 1. The van der Waals surface area contributed by atoms with Crippen LogP contribution < -0.4 is 9.64 Å². The SMILES string of the molecule is CCCOc1ccc(-c2ccc(N3CC4CN(C)CC4C3)nn2)cc1. The number of rotatable bonds is 5. The van der Waals surface area contributed by atoms with Crippen LogP contribution in [0.2, 0.25) is 0 Å². The predicted octanol–water partition coefficient (Wildman–Crippen LogP) is 2.93. The minimum atomic E-state index is 0.751. The van der Waals surface area contributed by atoms with Crippen LogP contribution >= 0.6 is 0 Å². The van der Waals surface area contributed by atoms with Crippen molar-refractivity contribution >= 4 is 5.82 Å². The molecule has 5 heteroatoms. The van der Waals surface area contributed by atoms with Gasteiger partial charge in [0.1, 0.15) is 5.75 Å². The highest BCUT2D eigenvalue weighted by molar-refractivity contribution is 5.60. The lowest BCUT2D eigenvalue weighted by Crippen LogP contribution is -2.27. The van der Waals surface area contributed by atoms with Crippen molar-refractivity contribution in [1.82, 2.24) is 15.1 Å². The Bertz CT molecular complexity index is 687. The molecule has 0 saturated carbocycles. The van der Waals surface area contributed by atoms with Gasteiger partial charge >= 0.3 is 0 Å². The number of hydrogen-bond donors (Lipinski definition) is 0. The van der Waals surface area contributed by atoms with Gasteiger partial charge < -0.3 is 14.5 Å². The lowest BCUT2D eigenvalue weighted by atomic mass is 10.0. The van der Waals surface area contributed by atoms with E-state index in [1.54, 1.807) is 0 Å². The van der Waals surface area contributed by atoms with Crippen LogP contribution in [0, 0.1) is 11.8 Å². The van der Waals surface area contributed by atoms with Crippen LogP contribution in [0.5, 0.6) is 5.75 Å². The van der Waals surface area contributed by atoms with Gasteiger partial charge in [-0.15, -0.1) is 10.2 Å². The van der Waals surface area contributed by atoms with Gasteiger partial charge in [-0.25, -0.2) is 0 Å². The number of hydrogen-bond acceptors (Lipinski definition) is 5. The van der Waals surface area contributed by atoms with Gasteiger partial charge in [0.25, 0.3) is 0 Å². The topological polar surface area (TPSA) is 41.5 Å². The zero-order valence-corrected chi connectivity index (χ0v) is 15.1. The maximum Gasteiger partial charge on any atom is 0.151 e. The third-order valence-corrected chi connectivity index (χ3v) is 5.27. The first-order chi connectivity index (χ1) is 12.2. The molecule has 2 aliphatic rings. The van der Waals surface area contributed by atoms with Crippen molar-refractivity contribution in [2.24, 2.45) is 11.8 Å². The summed E-state index contributed by atoms with van der Waals surface area (Å²) in [6.45, 7) is 7.48. The van der Waals surface area contributed by atoms with E-state index >= 15 is 0 Å². The number of nitrogens with zero attached hydrogens (tertiary/aromatic N) is 4. The average Bonchev–Trinajstić information content (AvgIpc) is 3.18. The highest BCUT2D eigenvalue weighted by Gasteiger charge is 2.39. The van der Waals surface area contributed by atoms with Crippen molar-refractivity contribution < 1.29 is 4.74 Å². The van der Waals surface area contributed by atoms with Gasteiger partial charge in [0.2, 0.25) is 0 Å². The fourth-order valence-corrected chi connectivity index (χ4v) is 4.00. The van der Waals surface area contributed by atoms with E-state index < -0.39 is 0 Å². The van der Waals surface area contributed by atoms with Crippen molar-refractivity contribution in [2.45, 2.75) is 13.3 Å². The lowest BCUT2D eigenvalue weighted by Gasteiger charge is -2.19. The summed E-state index contributed by atoms with van der Waals surface area (Å²) in [5.41, 5.74) is 1.98.